The molecule has 1 aliphatic carbocycles. The third-order valence-electron chi connectivity index (χ3n) is 6.78. The van der Waals surface area contributed by atoms with Gasteiger partial charge in [0.15, 0.2) is 23.0 Å². The molecule has 0 radical (unpaired) electrons. The molecule has 0 N–H and O–H groups in total. The van der Waals surface area contributed by atoms with Gasteiger partial charge in [-0.15, -0.1) is 0 Å². The predicted molar refractivity (Wildman–Crippen MR) is 130 cm³/mol. The van der Waals surface area contributed by atoms with E-state index in [4.69, 9.17) is 18.9 Å². The molecule has 2 aromatic carbocycles. The van der Waals surface area contributed by atoms with Crippen molar-refractivity contribution < 1.29 is 18.9 Å². The number of fused-ring (bicyclic) bond motifs is 1. The van der Waals surface area contributed by atoms with Crippen molar-refractivity contribution in [3.05, 3.63) is 47.0 Å². The van der Waals surface area contributed by atoms with E-state index in [9.17, 15) is 5.26 Å². The predicted octanol–water partition coefficient (Wildman–Crippen LogP) is 4.77. The van der Waals surface area contributed by atoms with E-state index in [1.165, 1.54) is 5.56 Å². The van der Waals surface area contributed by atoms with E-state index in [0.29, 0.717) is 0 Å². The topological polar surface area (TPSA) is 64.0 Å². The second kappa shape index (κ2) is 11.3. The Morgan fingerprint density at radius 1 is 0.939 bits per heavy atom. The molecule has 1 atom stereocenters. The largest absolute Gasteiger partial charge is 0.493 e. The Morgan fingerprint density at radius 2 is 1.67 bits per heavy atom. The summed E-state index contributed by atoms with van der Waals surface area (Å²) in [6, 6.07) is 12.8. The minimum atomic E-state index is -0.461. The van der Waals surface area contributed by atoms with Gasteiger partial charge in [0.1, 0.15) is 0 Å². The van der Waals surface area contributed by atoms with Gasteiger partial charge in [-0.05, 0) is 81.4 Å². The molecule has 0 spiro atoms. The maximum Gasteiger partial charge on any atom is 0.164 e. The summed E-state index contributed by atoms with van der Waals surface area (Å²) in [7, 11) is 8.78. The molecule has 178 valence electrons. The van der Waals surface area contributed by atoms with Crippen molar-refractivity contribution in [2.75, 3.05) is 48.6 Å². The summed E-state index contributed by atoms with van der Waals surface area (Å²) in [6.07, 6.45) is 5.53. The van der Waals surface area contributed by atoms with Crippen molar-refractivity contribution in [2.45, 2.75) is 43.9 Å². The van der Waals surface area contributed by atoms with Crippen molar-refractivity contribution in [1.82, 2.24) is 4.90 Å². The lowest BCUT2D eigenvalue weighted by Gasteiger charge is -2.35. The van der Waals surface area contributed by atoms with E-state index >= 15 is 0 Å². The SMILES string of the molecule is COc1ccc(CCN(C)CCCC2(C#N)CCCc3c2ccc(OC)c3OC)cc1OC. The third kappa shape index (κ3) is 5.36. The zero-order valence-electron chi connectivity index (χ0n) is 20.6. The molecule has 0 heterocycles. The molecule has 0 fully saturated rings. The molecule has 0 amide bonds. The summed E-state index contributed by atoms with van der Waals surface area (Å²) in [5.74, 6) is 3.02. The van der Waals surface area contributed by atoms with E-state index in [2.05, 4.69) is 30.1 Å². The lowest BCUT2D eigenvalue weighted by atomic mass is 9.68. The van der Waals surface area contributed by atoms with Crippen molar-refractivity contribution in [1.29, 1.82) is 5.26 Å². The summed E-state index contributed by atoms with van der Waals surface area (Å²) >= 11 is 0. The summed E-state index contributed by atoms with van der Waals surface area (Å²) in [4.78, 5) is 2.33. The number of likely N-dealkylation sites (N-methyl/N-ethyl adjacent to an activating group) is 1. The van der Waals surface area contributed by atoms with E-state index in [0.717, 1.165) is 85.7 Å². The minimum absolute atomic E-state index is 0.461. The Bertz CT molecular complexity index is 985. The molecule has 2 aromatic rings. The zero-order chi connectivity index (χ0) is 23.8. The summed E-state index contributed by atoms with van der Waals surface area (Å²) in [5, 5.41) is 10.2. The van der Waals surface area contributed by atoms with E-state index < -0.39 is 5.41 Å². The summed E-state index contributed by atoms with van der Waals surface area (Å²) < 4.78 is 21.9. The zero-order valence-corrected chi connectivity index (χ0v) is 20.6. The number of methoxy groups -OCH3 is 4. The average molecular weight is 453 g/mol. The molecular formula is C27H36N2O4. The first-order chi connectivity index (χ1) is 16.0. The van der Waals surface area contributed by atoms with Crippen LogP contribution >= 0.6 is 0 Å². The standard InChI is InChI=1S/C27H36N2O4/c1-29(17-13-20-9-11-23(30-2)25(18-20)32-4)16-7-15-27(19-28)14-6-8-21-22(27)10-12-24(31-3)26(21)33-5/h9-12,18H,6-8,13-17H2,1-5H3. The van der Waals surface area contributed by atoms with Crippen LogP contribution in [0.3, 0.4) is 0 Å². The molecule has 0 bridgehead atoms. The van der Waals surface area contributed by atoms with Gasteiger partial charge >= 0.3 is 0 Å². The van der Waals surface area contributed by atoms with Crippen LogP contribution in [0.15, 0.2) is 30.3 Å². The Balaban J connectivity index is 1.61. The van der Waals surface area contributed by atoms with Crippen LogP contribution in [0.5, 0.6) is 23.0 Å². The Morgan fingerprint density at radius 3 is 2.33 bits per heavy atom. The first-order valence-corrected chi connectivity index (χ1v) is 11.6. The van der Waals surface area contributed by atoms with Crippen molar-refractivity contribution in [3.8, 4) is 29.1 Å². The molecular weight excluding hydrogens is 416 g/mol. The third-order valence-corrected chi connectivity index (χ3v) is 6.78. The molecule has 0 saturated heterocycles. The first-order valence-electron chi connectivity index (χ1n) is 11.6. The molecule has 0 aromatic heterocycles. The maximum absolute atomic E-state index is 10.2. The van der Waals surface area contributed by atoms with Gasteiger partial charge in [0.05, 0.1) is 39.9 Å². The van der Waals surface area contributed by atoms with Crippen LogP contribution in [0.2, 0.25) is 0 Å². The lowest BCUT2D eigenvalue weighted by molar-refractivity contribution is 0.304. The minimum Gasteiger partial charge on any atom is -0.493 e. The van der Waals surface area contributed by atoms with Gasteiger partial charge < -0.3 is 23.8 Å². The van der Waals surface area contributed by atoms with E-state index in [1.54, 1.807) is 28.4 Å². The molecule has 6 heteroatoms. The average Bonchev–Trinajstić information content (AvgIpc) is 2.86. The van der Waals surface area contributed by atoms with Gasteiger partial charge in [-0.3, -0.25) is 0 Å². The highest BCUT2D eigenvalue weighted by Gasteiger charge is 2.38. The fraction of sp³-hybridized carbons (Fsp3) is 0.519. The molecule has 0 saturated carbocycles. The number of nitrogens with zero attached hydrogens (tertiary/aromatic N) is 2. The Labute approximate surface area is 198 Å². The van der Waals surface area contributed by atoms with Gasteiger partial charge in [-0.1, -0.05) is 12.1 Å². The van der Waals surface area contributed by atoms with Crippen LogP contribution in [0.1, 0.15) is 42.4 Å². The summed E-state index contributed by atoms with van der Waals surface area (Å²) in [5.41, 5.74) is 3.00. The van der Waals surface area contributed by atoms with Gasteiger partial charge in [-0.2, -0.15) is 5.26 Å². The van der Waals surface area contributed by atoms with Gasteiger partial charge in [-0.25, -0.2) is 0 Å². The van der Waals surface area contributed by atoms with Crippen LogP contribution in [0.4, 0.5) is 0 Å². The maximum atomic E-state index is 10.2. The van der Waals surface area contributed by atoms with Crippen molar-refractivity contribution >= 4 is 0 Å². The van der Waals surface area contributed by atoms with Crippen LogP contribution in [0, 0.1) is 11.3 Å². The van der Waals surface area contributed by atoms with E-state index in [-0.39, 0.29) is 0 Å². The van der Waals surface area contributed by atoms with Crippen molar-refractivity contribution in [3.63, 3.8) is 0 Å². The fourth-order valence-electron chi connectivity index (χ4n) is 4.94. The molecule has 33 heavy (non-hydrogen) atoms. The Hall–Kier alpha value is -2.91. The molecule has 1 aliphatic rings. The number of nitriles is 1. The first kappa shape index (κ1) is 24.7. The number of benzene rings is 2. The normalized spacial score (nSPS) is 17.2. The van der Waals surface area contributed by atoms with Gasteiger partial charge in [0.25, 0.3) is 0 Å². The fourth-order valence-corrected chi connectivity index (χ4v) is 4.94. The van der Waals surface area contributed by atoms with Crippen LogP contribution in [-0.2, 0) is 18.3 Å². The highest BCUT2D eigenvalue weighted by molar-refractivity contribution is 5.56. The molecule has 0 aliphatic heterocycles. The van der Waals surface area contributed by atoms with E-state index in [1.807, 2.05) is 18.2 Å². The molecule has 1 unspecified atom stereocenters. The summed E-state index contributed by atoms with van der Waals surface area (Å²) in [6.45, 7) is 1.88. The molecule has 6 nitrogen and oxygen atoms in total. The quantitative estimate of drug-likeness (QED) is 0.489. The number of ether oxygens (including phenoxy) is 4. The van der Waals surface area contributed by atoms with Crippen LogP contribution in [-0.4, -0.2) is 53.5 Å². The smallest absolute Gasteiger partial charge is 0.164 e. The van der Waals surface area contributed by atoms with Crippen molar-refractivity contribution in [2.24, 2.45) is 0 Å². The Kier molecular flexibility index (Phi) is 8.46. The second-order valence-corrected chi connectivity index (χ2v) is 8.72. The number of hydrogen-bond acceptors (Lipinski definition) is 6. The van der Waals surface area contributed by atoms with Crippen LogP contribution < -0.4 is 18.9 Å². The highest BCUT2D eigenvalue weighted by atomic mass is 16.5. The second-order valence-electron chi connectivity index (χ2n) is 8.72. The number of rotatable bonds is 11. The van der Waals surface area contributed by atoms with Gasteiger partial charge in [0.2, 0.25) is 0 Å². The van der Waals surface area contributed by atoms with Gasteiger partial charge in [0, 0.05) is 12.1 Å². The number of hydrogen-bond donors (Lipinski definition) is 0. The van der Waals surface area contributed by atoms with Crippen LogP contribution in [0.25, 0.3) is 0 Å². The highest BCUT2D eigenvalue weighted by Crippen LogP contribution is 2.46. The monoisotopic (exact) mass is 452 g/mol. The lowest BCUT2D eigenvalue weighted by Crippen LogP contribution is -2.31. The molecule has 3 rings (SSSR count).